The lowest BCUT2D eigenvalue weighted by atomic mass is 10.1. The standard InChI is InChI=1S/C22H14Cl2F3N3O5S/c23-15-2-4-18(20(25)21(15)35-13-6-11(9-28)5-12(7-13)22(26)27)34-10-19(31)30-17-3-1-14(8-16(17)24)36(29,32)33/h1-8,22H,10H2,(H,30,31)(H2,29,32,33). The van der Waals surface area contributed by atoms with E-state index in [4.69, 9.17) is 43.1 Å². The van der Waals surface area contributed by atoms with Crippen LogP contribution in [0.2, 0.25) is 10.0 Å². The number of nitrogens with zero attached hydrogens (tertiary/aromatic N) is 1. The second kappa shape index (κ2) is 11.0. The first-order chi connectivity index (χ1) is 16.9. The van der Waals surface area contributed by atoms with Gasteiger partial charge in [0.1, 0.15) is 5.75 Å². The molecule has 0 radical (unpaired) electrons. The van der Waals surface area contributed by atoms with Gasteiger partial charge in [-0.1, -0.05) is 23.2 Å². The van der Waals surface area contributed by atoms with Gasteiger partial charge in [0, 0.05) is 5.56 Å². The van der Waals surface area contributed by atoms with Crippen LogP contribution in [0, 0.1) is 17.1 Å². The first kappa shape index (κ1) is 27.1. The maximum Gasteiger partial charge on any atom is 0.264 e. The Morgan fingerprint density at radius 2 is 1.83 bits per heavy atom. The summed E-state index contributed by atoms with van der Waals surface area (Å²) in [5.74, 6) is -3.21. The van der Waals surface area contributed by atoms with Crippen molar-refractivity contribution in [2.24, 2.45) is 5.14 Å². The van der Waals surface area contributed by atoms with Crippen molar-refractivity contribution in [3.63, 3.8) is 0 Å². The summed E-state index contributed by atoms with van der Waals surface area (Å²) < 4.78 is 74.4. The summed E-state index contributed by atoms with van der Waals surface area (Å²) in [5, 5.41) is 16.1. The van der Waals surface area contributed by atoms with Crippen LogP contribution in [0.25, 0.3) is 0 Å². The van der Waals surface area contributed by atoms with Gasteiger partial charge < -0.3 is 14.8 Å². The van der Waals surface area contributed by atoms with Crippen molar-refractivity contribution >= 4 is 44.8 Å². The van der Waals surface area contributed by atoms with Crippen molar-refractivity contribution in [3.8, 4) is 23.3 Å². The highest BCUT2D eigenvalue weighted by Gasteiger charge is 2.19. The third-order valence-corrected chi connectivity index (χ3v) is 5.97. The zero-order chi connectivity index (χ0) is 26.6. The highest BCUT2D eigenvalue weighted by atomic mass is 35.5. The number of nitrogens with one attached hydrogen (secondary N) is 1. The minimum absolute atomic E-state index is 0.0467. The van der Waals surface area contributed by atoms with Crippen LogP contribution in [-0.2, 0) is 14.8 Å². The van der Waals surface area contributed by atoms with Crippen molar-refractivity contribution in [1.29, 1.82) is 5.26 Å². The van der Waals surface area contributed by atoms with E-state index in [1.165, 1.54) is 12.1 Å². The number of hydrogen-bond donors (Lipinski definition) is 2. The average Bonchev–Trinajstić information content (AvgIpc) is 2.81. The van der Waals surface area contributed by atoms with Crippen LogP contribution in [-0.4, -0.2) is 20.9 Å². The minimum atomic E-state index is -4.00. The predicted molar refractivity (Wildman–Crippen MR) is 125 cm³/mol. The Bertz CT molecular complexity index is 1480. The number of primary sulfonamides is 1. The topological polar surface area (TPSA) is 132 Å². The van der Waals surface area contributed by atoms with Gasteiger partial charge in [-0.3, -0.25) is 4.79 Å². The summed E-state index contributed by atoms with van der Waals surface area (Å²) >= 11 is 11.9. The molecule has 0 aliphatic rings. The molecule has 1 amide bonds. The van der Waals surface area contributed by atoms with Crippen LogP contribution in [0.4, 0.5) is 18.9 Å². The van der Waals surface area contributed by atoms with E-state index < -0.39 is 51.8 Å². The molecule has 0 saturated heterocycles. The Morgan fingerprint density at radius 1 is 1.11 bits per heavy atom. The number of carbonyl (C=O) groups is 1. The van der Waals surface area contributed by atoms with Gasteiger partial charge in [0.15, 0.2) is 18.1 Å². The van der Waals surface area contributed by atoms with Crippen molar-refractivity contribution in [2.75, 3.05) is 11.9 Å². The molecule has 0 heterocycles. The van der Waals surface area contributed by atoms with Crippen molar-refractivity contribution in [3.05, 3.63) is 75.5 Å². The van der Waals surface area contributed by atoms with E-state index in [0.29, 0.717) is 0 Å². The maximum absolute atomic E-state index is 15.0. The molecule has 0 saturated carbocycles. The van der Waals surface area contributed by atoms with E-state index in [-0.39, 0.29) is 31.9 Å². The molecule has 14 heteroatoms. The Kier molecular flexibility index (Phi) is 8.31. The first-order valence-electron chi connectivity index (χ1n) is 9.63. The third kappa shape index (κ3) is 6.58. The number of ether oxygens (including phenoxy) is 2. The Labute approximate surface area is 213 Å². The number of amides is 1. The number of anilines is 1. The number of rotatable bonds is 8. The summed E-state index contributed by atoms with van der Waals surface area (Å²) in [6.45, 7) is -0.704. The van der Waals surface area contributed by atoms with Gasteiger partial charge >= 0.3 is 0 Å². The highest BCUT2D eigenvalue weighted by molar-refractivity contribution is 7.89. The van der Waals surface area contributed by atoms with E-state index in [1.54, 1.807) is 6.07 Å². The molecule has 3 rings (SSSR count). The molecule has 0 aliphatic carbocycles. The fraction of sp³-hybridized carbons (Fsp3) is 0.0909. The maximum atomic E-state index is 15.0. The summed E-state index contributed by atoms with van der Waals surface area (Å²) in [6.07, 6.45) is -2.90. The lowest BCUT2D eigenvalue weighted by molar-refractivity contribution is -0.118. The molecule has 0 spiro atoms. The number of nitrogens with two attached hydrogens (primary N) is 1. The molecule has 0 unspecified atom stereocenters. The van der Waals surface area contributed by atoms with E-state index in [9.17, 15) is 26.4 Å². The van der Waals surface area contributed by atoms with Gasteiger partial charge in [0.05, 0.1) is 32.3 Å². The molecule has 0 bridgehead atoms. The van der Waals surface area contributed by atoms with Gasteiger partial charge in [0.2, 0.25) is 15.8 Å². The van der Waals surface area contributed by atoms with Crippen LogP contribution in [0.3, 0.4) is 0 Å². The fourth-order valence-corrected chi connectivity index (χ4v) is 3.83. The largest absolute Gasteiger partial charge is 0.481 e. The summed E-state index contributed by atoms with van der Waals surface area (Å²) in [4.78, 5) is 12.0. The molecule has 3 aromatic carbocycles. The molecule has 3 N–H and O–H groups in total. The van der Waals surface area contributed by atoms with Gasteiger partial charge in [-0.25, -0.2) is 22.3 Å². The number of hydrogen-bond acceptors (Lipinski definition) is 6. The number of alkyl halides is 2. The molecule has 8 nitrogen and oxygen atoms in total. The minimum Gasteiger partial charge on any atom is -0.481 e. The van der Waals surface area contributed by atoms with Gasteiger partial charge in [-0.15, -0.1) is 0 Å². The average molecular weight is 560 g/mol. The van der Waals surface area contributed by atoms with Crippen LogP contribution in [0.1, 0.15) is 17.6 Å². The highest BCUT2D eigenvalue weighted by Crippen LogP contribution is 2.38. The number of nitriles is 1. The smallest absolute Gasteiger partial charge is 0.264 e. The van der Waals surface area contributed by atoms with Crippen molar-refractivity contribution in [2.45, 2.75) is 11.3 Å². The van der Waals surface area contributed by atoms with Crippen LogP contribution < -0.4 is 19.9 Å². The molecule has 3 aromatic rings. The molecule has 0 aliphatic heterocycles. The van der Waals surface area contributed by atoms with Crippen molar-refractivity contribution < 1.29 is 35.9 Å². The van der Waals surface area contributed by atoms with Gasteiger partial charge in [0.25, 0.3) is 12.3 Å². The molecule has 36 heavy (non-hydrogen) atoms. The second-order valence-electron chi connectivity index (χ2n) is 7.02. The number of sulfonamides is 1. The third-order valence-electron chi connectivity index (χ3n) is 4.45. The van der Waals surface area contributed by atoms with Gasteiger partial charge in [-0.2, -0.15) is 9.65 Å². The van der Waals surface area contributed by atoms with E-state index >= 15 is 0 Å². The van der Waals surface area contributed by atoms with Crippen LogP contribution in [0.5, 0.6) is 17.2 Å². The van der Waals surface area contributed by atoms with Crippen LogP contribution in [0.15, 0.2) is 53.4 Å². The predicted octanol–water partition coefficient (Wildman–Crippen LogP) is 5.40. The Hall–Kier alpha value is -3.50. The normalized spacial score (nSPS) is 11.2. The fourth-order valence-electron chi connectivity index (χ4n) is 2.81. The lowest BCUT2D eigenvalue weighted by Gasteiger charge is -2.14. The SMILES string of the molecule is N#Cc1cc(Oc2c(Cl)ccc(OCC(=O)Nc3ccc(S(N)(=O)=O)cc3Cl)c2F)cc(C(F)F)c1. The number of carbonyl (C=O) groups excluding carboxylic acids is 1. The molecule has 0 atom stereocenters. The van der Waals surface area contributed by atoms with Crippen LogP contribution >= 0.6 is 23.2 Å². The molecule has 0 fully saturated rings. The quantitative estimate of drug-likeness (QED) is 0.380. The molecule has 188 valence electrons. The monoisotopic (exact) mass is 559 g/mol. The number of benzene rings is 3. The van der Waals surface area contributed by atoms with Gasteiger partial charge in [-0.05, 0) is 48.5 Å². The summed E-state index contributed by atoms with van der Waals surface area (Å²) in [6, 6.07) is 10.4. The summed E-state index contributed by atoms with van der Waals surface area (Å²) in [5.41, 5.74) is -0.606. The molecular weight excluding hydrogens is 546 g/mol. The Balaban J connectivity index is 1.75. The lowest BCUT2D eigenvalue weighted by Crippen LogP contribution is -2.21. The zero-order valence-corrected chi connectivity index (χ0v) is 20.1. The van der Waals surface area contributed by atoms with E-state index in [1.807, 2.05) is 0 Å². The molecular formula is C22H14Cl2F3N3O5S. The van der Waals surface area contributed by atoms with E-state index in [2.05, 4.69) is 5.32 Å². The van der Waals surface area contributed by atoms with Crippen molar-refractivity contribution in [1.82, 2.24) is 0 Å². The Morgan fingerprint density at radius 3 is 2.44 bits per heavy atom. The first-order valence-corrected chi connectivity index (χ1v) is 11.9. The number of halogens is 5. The second-order valence-corrected chi connectivity index (χ2v) is 9.39. The zero-order valence-electron chi connectivity index (χ0n) is 17.8. The summed E-state index contributed by atoms with van der Waals surface area (Å²) in [7, 11) is -4.00. The van der Waals surface area contributed by atoms with E-state index in [0.717, 1.165) is 36.4 Å². The molecule has 0 aromatic heterocycles.